The van der Waals surface area contributed by atoms with E-state index in [4.69, 9.17) is 15.2 Å². The van der Waals surface area contributed by atoms with E-state index >= 15 is 0 Å². The molecule has 192 valence electrons. The molecule has 5 rings (SSSR count). The number of carbonyl (C=O) groups is 1. The monoisotopic (exact) mass is 494 g/mol. The Bertz CT molecular complexity index is 1210. The predicted octanol–water partition coefficient (Wildman–Crippen LogP) is 2.69. The van der Waals surface area contributed by atoms with Gasteiger partial charge in [0.15, 0.2) is 5.96 Å². The number of benzene rings is 2. The standard InChI is InChI=1S/C27H34N4O5/c1-26(2)13-22(33)31(25(28)30-26)18-12-27(3,4)36-21-10-9-15(11-17(18)21)24(34)29-23-16-7-5-6-8-20(16)35-14-19(23)32/h5-11,18-19,23-24,29,32,34H,12-14H2,1-4H3,(H2,28,30)/t18-,19-,23-,24?/m1/s1. The summed E-state index contributed by atoms with van der Waals surface area (Å²) in [6, 6.07) is 12.0. The molecule has 0 saturated carbocycles. The minimum atomic E-state index is -1.08. The second kappa shape index (κ2) is 8.76. The molecule has 4 atom stereocenters. The highest BCUT2D eigenvalue weighted by Gasteiger charge is 2.43. The molecule has 0 saturated heterocycles. The van der Waals surface area contributed by atoms with Crippen molar-refractivity contribution in [1.82, 2.24) is 10.2 Å². The van der Waals surface area contributed by atoms with Gasteiger partial charge in [0.2, 0.25) is 5.91 Å². The lowest BCUT2D eigenvalue weighted by Gasteiger charge is -2.44. The number of para-hydroxylation sites is 1. The van der Waals surface area contributed by atoms with Gasteiger partial charge < -0.3 is 25.4 Å². The van der Waals surface area contributed by atoms with Crippen molar-refractivity contribution in [2.45, 2.75) is 76.1 Å². The smallest absolute Gasteiger partial charge is 0.232 e. The van der Waals surface area contributed by atoms with Gasteiger partial charge in [0.1, 0.15) is 36.0 Å². The van der Waals surface area contributed by atoms with Gasteiger partial charge in [-0.1, -0.05) is 24.3 Å². The molecule has 3 heterocycles. The highest BCUT2D eigenvalue weighted by atomic mass is 16.5. The summed E-state index contributed by atoms with van der Waals surface area (Å²) >= 11 is 0. The number of hydrogen-bond acceptors (Lipinski definition) is 8. The van der Waals surface area contributed by atoms with Gasteiger partial charge in [-0.2, -0.15) is 0 Å². The number of nitrogens with zero attached hydrogens (tertiary/aromatic N) is 2. The van der Waals surface area contributed by atoms with Crippen LogP contribution in [-0.4, -0.2) is 50.8 Å². The van der Waals surface area contributed by atoms with Gasteiger partial charge in [-0.15, -0.1) is 0 Å². The molecule has 36 heavy (non-hydrogen) atoms. The first-order valence-corrected chi connectivity index (χ1v) is 12.3. The zero-order chi connectivity index (χ0) is 25.8. The van der Waals surface area contributed by atoms with Gasteiger partial charge in [0.25, 0.3) is 0 Å². The van der Waals surface area contributed by atoms with E-state index in [-0.39, 0.29) is 24.9 Å². The molecule has 0 aromatic heterocycles. The average Bonchev–Trinajstić information content (AvgIpc) is 2.78. The number of nitrogens with two attached hydrogens (primary N) is 1. The molecular weight excluding hydrogens is 460 g/mol. The summed E-state index contributed by atoms with van der Waals surface area (Å²) in [5.74, 6) is 1.41. The zero-order valence-electron chi connectivity index (χ0n) is 21.1. The van der Waals surface area contributed by atoms with Gasteiger partial charge in [0.05, 0.1) is 24.0 Å². The van der Waals surface area contributed by atoms with Gasteiger partial charge in [0, 0.05) is 17.5 Å². The van der Waals surface area contributed by atoms with Crippen LogP contribution in [0.25, 0.3) is 0 Å². The largest absolute Gasteiger partial charge is 0.490 e. The van der Waals surface area contributed by atoms with Crippen molar-refractivity contribution in [1.29, 1.82) is 0 Å². The number of guanidine groups is 1. The second-order valence-corrected chi connectivity index (χ2v) is 11.1. The van der Waals surface area contributed by atoms with Gasteiger partial charge >= 0.3 is 0 Å². The van der Waals surface area contributed by atoms with Crippen LogP contribution >= 0.6 is 0 Å². The third kappa shape index (κ3) is 4.54. The third-order valence-corrected chi connectivity index (χ3v) is 6.99. The van der Waals surface area contributed by atoms with Crippen LogP contribution in [0.4, 0.5) is 0 Å². The van der Waals surface area contributed by atoms with Gasteiger partial charge in [-0.25, -0.2) is 4.99 Å². The van der Waals surface area contributed by atoms with Crippen molar-refractivity contribution in [3.05, 3.63) is 59.2 Å². The lowest BCUT2D eigenvalue weighted by molar-refractivity contribution is -0.132. The molecule has 0 radical (unpaired) electrons. The van der Waals surface area contributed by atoms with Crippen LogP contribution in [0.5, 0.6) is 11.5 Å². The molecule has 1 unspecified atom stereocenters. The lowest BCUT2D eigenvalue weighted by Crippen LogP contribution is -2.53. The maximum atomic E-state index is 13.2. The Balaban J connectivity index is 1.48. The van der Waals surface area contributed by atoms with Crippen LogP contribution in [0.15, 0.2) is 47.5 Å². The van der Waals surface area contributed by atoms with Crippen molar-refractivity contribution < 1.29 is 24.5 Å². The molecule has 9 nitrogen and oxygen atoms in total. The number of hydrogen-bond donors (Lipinski definition) is 4. The van der Waals surface area contributed by atoms with E-state index in [1.54, 1.807) is 11.0 Å². The fourth-order valence-corrected chi connectivity index (χ4v) is 5.37. The molecule has 1 amide bonds. The Morgan fingerprint density at radius 1 is 1.14 bits per heavy atom. The molecule has 3 aliphatic rings. The van der Waals surface area contributed by atoms with Crippen LogP contribution in [0.3, 0.4) is 0 Å². The van der Waals surface area contributed by atoms with Crippen molar-refractivity contribution in [2.24, 2.45) is 10.7 Å². The fraction of sp³-hybridized carbons (Fsp3) is 0.481. The van der Waals surface area contributed by atoms with Gasteiger partial charge in [-0.05, 0) is 51.5 Å². The number of aliphatic imine (C=N–C) groups is 1. The van der Waals surface area contributed by atoms with E-state index in [2.05, 4.69) is 10.3 Å². The maximum Gasteiger partial charge on any atom is 0.232 e. The number of aliphatic hydroxyl groups is 2. The van der Waals surface area contributed by atoms with Crippen molar-refractivity contribution >= 4 is 11.9 Å². The van der Waals surface area contributed by atoms with Crippen LogP contribution in [0.2, 0.25) is 0 Å². The van der Waals surface area contributed by atoms with Gasteiger partial charge in [-0.3, -0.25) is 15.0 Å². The summed E-state index contributed by atoms with van der Waals surface area (Å²) in [5.41, 5.74) is 7.35. The summed E-state index contributed by atoms with van der Waals surface area (Å²) in [6.07, 6.45) is -1.14. The number of ether oxygens (including phenoxy) is 2. The quantitative estimate of drug-likeness (QED) is 0.481. The molecule has 2 aromatic rings. The number of fused-ring (bicyclic) bond motifs is 2. The minimum Gasteiger partial charge on any atom is -0.490 e. The molecule has 9 heteroatoms. The Labute approximate surface area is 210 Å². The van der Waals surface area contributed by atoms with Crippen molar-refractivity contribution in [2.75, 3.05) is 6.61 Å². The number of rotatable bonds is 4. The van der Waals surface area contributed by atoms with Crippen LogP contribution < -0.4 is 20.5 Å². The molecule has 3 aliphatic heterocycles. The van der Waals surface area contributed by atoms with E-state index in [1.165, 1.54) is 0 Å². The number of aliphatic hydroxyl groups excluding tert-OH is 2. The minimum absolute atomic E-state index is 0.0906. The summed E-state index contributed by atoms with van der Waals surface area (Å²) < 4.78 is 11.8. The number of amides is 1. The van der Waals surface area contributed by atoms with Crippen LogP contribution in [0.1, 0.15) is 75.5 Å². The Kier molecular flexibility index (Phi) is 5.97. The molecule has 0 aliphatic carbocycles. The van der Waals surface area contributed by atoms with E-state index in [9.17, 15) is 15.0 Å². The highest BCUT2D eigenvalue weighted by molar-refractivity contribution is 5.99. The summed E-state index contributed by atoms with van der Waals surface area (Å²) in [4.78, 5) is 19.3. The first-order valence-electron chi connectivity index (χ1n) is 12.3. The normalized spacial score (nSPS) is 27.2. The van der Waals surface area contributed by atoms with Crippen LogP contribution in [0, 0.1) is 0 Å². The molecule has 0 spiro atoms. The second-order valence-electron chi connectivity index (χ2n) is 11.1. The predicted molar refractivity (Wildman–Crippen MR) is 134 cm³/mol. The zero-order valence-corrected chi connectivity index (χ0v) is 21.1. The number of nitrogens with one attached hydrogen (secondary N) is 1. The number of carbonyl (C=O) groups excluding carboxylic acids is 1. The Morgan fingerprint density at radius 2 is 1.89 bits per heavy atom. The van der Waals surface area contributed by atoms with E-state index in [1.807, 2.05) is 64.1 Å². The molecule has 0 fully saturated rings. The average molecular weight is 495 g/mol. The van der Waals surface area contributed by atoms with E-state index < -0.39 is 35.6 Å². The van der Waals surface area contributed by atoms with Crippen molar-refractivity contribution in [3.63, 3.8) is 0 Å². The summed E-state index contributed by atoms with van der Waals surface area (Å²) in [5, 5.41) is 24.9. The summed E-state index contributed by atoms with van der Waals surface area (Å²) in [6.45, 7) is 7.86. The van der Waals surface area contributed by atoms with Crippen LogP contribution in [-0.2, 0) is 4.79 Å². The highest BCUT2D eigenvalue weighted by Crippen LogP contribution is 2.45. The Hall–Kier alpha value is -3.14. The first-order chi connectivity index (χ1) is 16.9. The fourth-order valence-electron chi connectivity index (χ4n) is 5.37. The first kappa shape index (κ1) is 24.5. The lowest BCUT2D eigenvalue weighted by atomic mass is 9.86. The van der Waals surface area contributed by atoms with E-state index in [0.717, 1.165) is 11.1 Å². The summed E-state index contributed by atoms with van der Waals surface area (Å²) in [7, 11) is 0. The molecule has 2 aromatic carbocycles. The van der Waals surface area contributed by atoms with E-state index in [0.29, 0.717) is 23.5 Å². The molecule has 5 N–H and O–H groups in total. The topological polar surface area (TPSA) is 130 Å². The SMILES string of the molecule is CC1(C)CC(=O)N([C@@H]2CC(C)(C)Oc3ccc(C(O)N[C@@H]4c5ccccc5OC[C@H]4O)cc32)C(N)=N1. The third-order valence-electron chi connectivity index (χ3n) is 6.99. The van der Waals surface area contributed by atoms with Crippen molar-refractivity contribution in [3.8, 4) is 11.5 Å². The Morgan fingerprint density at radius 3 is 2.64 bits per heavy atom. The molecule has 0 bridgehead atoms. The molecular formula is C27H34N4O5. The maximum absolute atomic E-state index is 13.2.